The number of rotatable bonds is 5. The number of hydrogen-bond acceptors (Lipinski definition) is 4. The van der Waals surface area contributed by atoms with Crippen molar-refractivity contribution in [2.45, 2.75) is 58.0 Å². The van der Waals surface area contributed by atoms with Gasteiger partial charge in [-0.05, 0) is 58.9 Å². The van der Waals surface area contributed by atoms with Crippen LogP contribution in [0.3, 0.4) is 0 Å². The first-order valence-corrected chi connectivity index (χ1v) is 8.51. The molecule has 0 atom stereocenters. The van der Waals surface area contributed by atoms with E-state index in [1.807, 2.05) is 0 Å². The van der Waals surface area contributed by atoms with Crippen molar-refractivity contribution >= 4 is 0 Å². The third kappa shape index (κ3) is 5.51. The average molecular weight is 298 g/mol. The molecule has 2 aliphatic rings. The minimum absolute atomic E-state index is 0.183. The van der Waals surface area contributed by atoms with E-state index in [4.69, 9.17) is 9.47 Å². The molecule has 0 saturated carbocycles. The van der Waals surface area contributed by atoms with Gasteiger partial charge in [0.2, 0.25) is 0 Å². The second-order valence-electron chi connectivity index (χ2n) is 7.97. The summed E-state index contributed by atoms with van der Waals surface area (Å²) < 4.78 is 11.1. The van der Waals surface area contributed by atoms with E-state index in [1.165, 1.54) is 32.2 Å². The van der Waals surface area contributed by atoms with Crippen LogP contribution < -0.4 is 5.32 Å². The molecule has 0 unspecified atom stereocenters. The quantitative estimate of drug-likeness (QED) is 0.844. The number of hydrogen-bond donors (Lipinski definition) is 1. The maximum absolute atomic E-state index is 5.62. The van der Waals surface area contributed by atoms with Crippen LogP contribution >= 0.6 is 0 Å². The third-order valence-corrected chi connectivity index (χ3v) is 4.95. The van der Waals surface area contributed by atoms with Gasteiger partial charge < -0.3 is 19.7 Å². The van der Waals surface area contributed by atoms with Crippen LogP contribution in [0.5, 0.6) is 0 Å². The molecule has 0 bridgehead atoms. The molecule has 0 radical (unpaired) electrons. The predicted molar refractivity (Wildman–Crippen MR) is 86.7 cm³/mol. The Morgan fingerprint density at radius 3 is 2.19 bits per heavy atom. The molecule has 2 aliphatic heterocycles. The molecule has 2 heterocycles. The molecule has 2 fully saturated rings. The van der Waals surface area contributed by atoms with Crippen molar-refractivity contribution in [1.82, 2.24) is 10.2 Å². The van der Waals surface area contributed by atoms with Gasteiger partial charge in [0.25, 0.3) is 0 Å². The second kappa shape index (κ2) is 7.40. The van der Waals surface area contributed by atoms with E-state index in [-0.39, 0.29) is 5.54 Å². The van der Waals surface area contributed by atoms with Crippen LogP contribution in [0.15, 0.2) is 0 Å². The van der Waals surface area contributed by atoms with E-state index in [2.05, 4.69) is 38.0 Å². The van der Waals surface area contributed by atoms with E-state index in [0.29, 0.717) is 11.5 Å². The first-order chi connectivity index (χ1) is 9.90. The number of nitrogens with zero attached hydrogens (tertiary/aromatic N) is 1. The van der Waals surface area contributed by atoms with Gasteiger partial charge in [-0.1, -0.05) is 0 Å². The summed E-state index contributed by atoms with van der Waals surface area (Å²) in [6.07, 6.45) is 4.69. The summed E-state index contributed by atoms with van der Waals surface area (Å²) in [5.41, 5.74) is 0.543. The molecule has 2 rings (SSSR count). The lowest BCUT2D eigenvalue weighted by molar-refractivity contribution is -0.0228. The van der Waals surface area contributed by atoms with Gasteiger partial charge >= 0.3 is 0 Å². The fraction of sp³-hybridized carbons (Fsp3) is 1.00. The lowest BCUT2D eigenvalue weighted by Crippen LogP contribution is -2.52. The molecule has 1 N–H and O–H groups in total. The maximum Gasteiger partial charge on any atom is 0.0480 e. The van der Waals surface area contributed by atoms with Gasteiger partial charge in [0.1, 0.15) is 0 Å². The fourth-order valence-corrected chi connectivity index (χ4v) is 3.43. The predicted octanol–water partition coefficient (Wildman–Crippen LogP) is 2.28. The molecule has 0 spiro atoms. The molecule has 4 heteroatoms. The SMILES string of the molecule is CN(CC1(CNC(C)(C)C)CCOCC1)C1CCOCC1. The van der Waals surface area contributed by atoms with Gasteiger partial charge in [-0.2, -0.15) is 0 Å². The maximum atomic E-state index is 5.62. The highest BCUT2D eigenvalue weighted by Gasteiger charge is 2.36. The van der Waals surface area contributed by atoms with Crippen LogP contribution in [0.25, 0.3) is 0 Å². The Hall–Kier alpha value is -0.160. The Labute approximate surface area is 130 Å². The molecule has 0 amide bonds. The Bertz CT molecular complexity index is 302. The highest BCUT2D eigenvalue weighted by Crippen LogP contribution is 2.32. The number of ether oxygens (including phenoxy) is 2. The molecule has 124 valence electrons. The molecular formula is C17H34N2O2. The lowest BCUT2D eigenvalue weighted by Gasteiger charge is -2.44. The van der Waals surface area contributed by atoms with Gasteiger partial charge in [0, 0.05) is 51.1 Å². The van der Waals surface area contributed by atoms with Gasteiger partial charge in [-0.25, -0.2) is 0 Å². The van der Waals surface area contributed by atoms with Gasteiger partial charge in [-0.3, -0.25) is 0 Å². The van der Waals surface area contributed by atoms with Crippen LogP contribution in [-0.2, 0) is 9.47 Å². The molecule has 0 aromatic rings. The summed E-state index contributed by atoms with van der Waals surface area (Å²) in [4.78, 5) is 2.58. The Balaban J connectivity index is 1.94. The Morgan fingerprint density at radius 1 is 1.05 bits per heavy atom. The Kier molecular flexibility index (Phi) is 6.06. The fourth-order valence-electron chi connectivity index (χ4n) is 3.43. The van der Waals surface area contributed by atoms with Crippen LogP contribution in [0.1, 0.15) is 46.5 Å². The minimum atomic E-state index is 0.183. The summed E-state index contributed by atoms with van der Waals surface area (Å²) >= 11 is 0. The standard InChI is InChI=1S/C17H34N2O2/c1-16(2,3)18-13-17(7-11-21-12-8-17)14-19(4)15-5-9-20-10-6-15/h15,18H,5-14H2,1-4H3. The third-order valence-electron chi connectivity index (χ3n) is 4.95. The van der Waals surface area contributed by atoms with E-state index in [9.17, 15) is 0 Å². The van der Waals surface area contributed by atoms with E-state index in [1.54, 1.807) is 0 Å². The molecule has 0 aliphatic carbocycles. The van der Waals surface area contributed by atoms with E-state index < -0.39 is 0 Å². The Morgan fingerprint density at radius 2 is 1.62 bits per heavy atom. The van der Waals surface area contributed by atoms with Gasteiger partial charge in [0.05, 0.1) is 0 Å². The van der Waals surface area contributed by atoms with E-state index in [0.717, 1.165) is 33.0 Å². The first kappa shape index (κ1) is 17.2. The summed E-state index contributed by atoms with van der Waals surface area (Å²) in [6, 6.07) is 0.688. The van der Waals surface area contributed by atoms with Crippen molar-refractivity contribution in [3.63, 3.8) is 0 Å². The highest BCUT2D eigenvalue weighted by atomic mass is 16.5. The largest absolute Gasteiger partial charge is 0.381 e. The average Bonchev–Trinajstić information content (AvgIpc) is 2.46. The van der Waals surface area contributed by atoms with Crippen molar-refractivity contribution in [3.8, 4) is 0 Å². The summed E-state index contributed by atoms with van der Waals surface area (Å²) in [5.74, 6) is 0. The lowest BCUT2D eigenvalue weighted by atomic mass is 9.78. The zero-order valence-corrected chi connectivity index (χ0v) is 14.4. The normalized spacial score (nSPS) is 24.4. The molecule has 21 heavy (non-hydrogen) atoms. The van der Waals surface area contributed by atoms with Gasteiger partial charge in [-0.15, -0.1) is 0 Å². The van der Waals surface area contributed by atoms with Crippen molar-refractivity contribution in [2.24, 2.45) is 5.41 Å². The van der Waals surface area contributed by atoms with Gasteiger partial charge in [0.15, 0.2) is 0 Å². The van der Waals surface area contributed by atoms with Crippen molar-refractivity contribution in [1.29, 1.82) is 0 Å². The molecule has 4 nitrogen and oxygen atoms in total. The van der Waals surface area contributed by atoms with E-state index >= 15 is 0 Å². The number of nitrogens with one attached hydrogen (secondary N) is 1. The summed E-state index contributed by atoms with van der Waals surface area (Å²) in [7, 11) is 2.30. The smallest absolute Gasteiger partial charge is 0.0480 e. The summed E-state index contributed by atoms with van der Waals surface area (Å²) in [5, 5.41) is 3.73. The molecular weight excluding hydrogens is 264 g/mol. The second-order valence-corrected chi connectivity index (χ2v) is 7.97. The van der Waals surface area contributed by atoms with Crippen LogP contribution in [0, 0.1) is 5.41 Å². The van der Waals surface area contributed by atoms with Crippen LogP contribution in [0.2, 0.25) is 0 Å². The topological polar surface area (TPSA) is 33.7 Å². The molecule has 0 aromatic carbocycles. The first-order valence-electron chi connectivity index (χ1n) is 8.51. The highest BCUT2D eigenvalue weighted by molar-refractivity contribution is 4.90. The monoisotopic (exact) mass is 298 g/mol. The van der Waals surface area contributed by atoms with Crippen molar-refractivity contribution in [3.05, 3.63) is 0 Å². The van der Waals surface area contributed by atoms with Crippen LogP contribution in [-0.4, -0.2) is 63.0 Å². The molecule has 2 saturated heterocycles. The molecule has 0 aromatic heterocycles. The zero-order valence-electron chi connectivity index (χ0n) is 14.4. The minimum Gasteiger partial charge on any atom is -0.381 e. The summed E-state index contributed by atoms with van der Waals surface area (Å²) in [6.45, 7) is 12.7. The zero-order chi connectivity index (χ0) is 15.3. The van der Waals surface area contributed by atoms with Crippen molar-refractivity contribution in [2.75, 3.05) is 46.6 Å². The van der Waals surface area contributed by atoms with Crippen molar-refractivity contribution < 1.29 is 9.47 Å². The van der Waals surface area contributed by atoms with Crippen LogP contribution in [0.4, 0.5) is 0 Å².